The zero-order valence-corrected chi connectivity index (χ0v) is 14.3. The van der Waals surface area contributed by atoms with Gasteiger partial charge in [0.2, 0.25) is 0 Å². The number of nitrogens with zero attached hydrogens (tertiary/aromatic N) is 2. The lowest BCUT2D eigenvalue weighted by Gasteiger charge is -2.05. The van der Waals surface area contributed by atoms with Gasteiger partial charge in [0.05, 0.1) is 5.69 Å². The first kappa shape index (κ1) is 16.5. The Morgan fingerprint density at radius 3 is 2.62 bits per heavy atom. The fourth-order valence-corrected chi connectivity index (χ4v) is 3.37. The van der Waals surface area contributed by atoms with E-state index in [1.54, 1.807) is 41.1 Å². The highest BCUT2D eigenvalue weighted by Crippen LogP contribution is 2.41. The maximum absolute atomic E-state index is 13.2. The lowest BCUT2D eigenvalue weighted by Crippen LogP contribution is -2.25. The first-order valence-corrected chi connectivity index (χ1v) is 8.46. The van der Waals surface area contributed by atoms with Crippen LogP contribution in [0, 0.1) is 6.92 Å². The molecule has 132 valence electrons. The molecule has 2 heterocycles. The minimum atomic E-state index is -3.67. The lowest BCUT2D eigenvalue weighted by atomic mass is 10.2. The molecule has 1 amide bonds. The Morgan fingerprint density at radius 2 is 1.85 bits per heavy atom. The molecule has 0 radical (unpaired) electrons. The van der Waals surface area contributed by atoms with Crippen LogP contribution in [0.1, 0.15) is 15.2 Å². The van der Waals surface area contributed by atoms with Crippen molar-refractivity contribution < 1.29 is 23.0 Å². The van der Waals surface area contributed by atoms with Crippen LogP contribution in [0.4, 0.5) is 8.78 Å². The van der Waals surface area contributed by atoms with Crippen LogP contribution < -0.4 is 14.3 Å². The third-order valence-corrected chi connectivity index (χ3v) is 4.55. The number of halogens is 2. The number of carbonyl (C=O) groups excluding carboxylic acids is 1. The second-order valence-corrected chi connectivity index (χ2v) is 6.79. The standard InChI is InChI=1S/C18H12F2N2O3S/c1-11-10-22(13-7-8-14-15(9-13)25-18(19,20)24-14)17(26-11)21-16(23)12-5-3-2-4-6-12/h2-10H,1H3. The van der Waals surface area contributed by atoms with E-state index in [1.165, 1.54) is 23.5 Å². The number of fused-ring (bicyclic) bond motifs is 1. The Bertz CT molecular complexity index is 1060. The summed E-state index contributed by atoms with van der Waals surface area (Å²) in [6.07, 6.45) is -1.90. The summed E-state index contributed by atoms with van der Waals surface area (Å²) in [6.45, 7) is 1.87. The summed E-state index contributed by atoms with van der Waals surface area (Å²) in [7, 11) is 0. The second-order valence-electron chi connectivity index (χ2n) is 5.58. The van der Waals surface area contributed by atoms with Crippen LogP contribution in [0.25, 0.3) is 5.69 Å². The maximum Gasteiger partial charge on any atom is 0.586 e. The SMILES string of the molecule is Cc1cn(-c2ccc3c(c2)OC(F)(F)O3)c(=NC(=O)c2ccccc2)s1. The van der Waals surface area contributed by atoms with Gasteiger partial charge in [-0.2, -0.15) is 4.99 Å². The third kappa shape index (κ3) is 3.11. The minimum absolute atomic E-state index is 0.0369. The van der Waals surface area contributed by atoms with Gasteiger partial charge in [-0.1, -0.05) is 18.2 Å². The summed E-state index contributed by atoms with van der Waals surface area (Å²) in [6, 6.07) is 13.1. The van der Waals surface area contributed by atoms with Gasteiger partial charge < -0.3 is 9.47 Å². The number of alkyl halides is 2. The number of carbonyl (C=O) groups is 1. The molecule has 0 spiro atoms. The molecule has 0 bridgehead atoms. The van der Waals surface area contributed by atoms with Gasteiger partial charge in [0.15, 0.2) is 16.3 Å². The molecule has 0 fully saturated rings. The Kier molecular flexibility index (Phi) is 3.84. The molecule has 3 aromatic rings. The van der Waals surface area contributed by atoms with Crippen LogP contribution in [0.2, 0.25) is 0 Å². The monoisotopic (exact) mass is 374 g/mol. The zero-order valence-electron chi connectivity index (χ0n) is 13.5. The van der Waals surface area contributed by atoms with Crippen molar-refractivity contribution in [1.82, 2.24) is 4.57 Å². The fraction of sp³-hybridized carbons (Fsp3) is 0.111. The minimum Gasteiger partial charge on any atom is -0.395 e. The normalized spacial score (nSPS) is 15.3. The highest BCUT2D eigenvalue weighted by atomic mass is 32.1. The quantitative estimate of drug-likeness (QED) is 0.683. The van der Waals surface area contributed by atoms with Gasteiger partial charge in [0.1, 0.15) is 0 Å². The number of benzene rings is 2. The Balaban J connectivity index is 1.76. The topological polar surface area (TPSA) is 52.8 Å². The van der Waals surface area contributed by atoms with Gasteiger partial charge in [-0.25, -0.2) is 0 Å². The highest BCUT2D eigenvalue weighted by Gasteiger charge is 2.43. The molecule has 0 unspecified atom stereocenters. The van der Waals surface area contributed by atoms with E-state index >= 15 is 0 Å². The van der Waals surface area contributed by atoms with Crippen molar-refractivity contribution in [3.05, 3.63) is 70.0 Å². The van der Waals surface area contributed by atoms with Crippen LogP contribution >= 0.6 is 11.3 Å². The van der Waals surface area contributed by atoms with Crippen LogP contribution in [-0.2, 0) is 0 Å². The molecule has 8 heteroatoms. The largest absolute Gasteiger partial charge is 0.586 e. The molecule has 1 aliphatic heterocycles. The number of ether oxygens (including phenoxy) is 2. The molecule has 5 nitrogen and oxygen atoms in total. The summed E-state index contributed by atoms with van der Waals surface area (Å²) in [4.78, 5) is 17.9. The molecule has 0 saturated carbocycles. The van der Waals surface area contributed by atoms with Crippen molar-refractivity contribution in [2.45, 2.75) is 13.2 Å². The van der Waals surface area contributed by atoms with Gasteiger partial charge in [-0.15, -0.1) is 20.1 Å². The smallest absolute Gasteiger partial charge is 0.395 e. The Hall–Kier alpha value is -3.00. The number of hydrogen-bond acceptors (Lipinski definition) is 4. The summed E-state index contributed by atoms with van der Waals surface area (Å²) in [5.74, 6) is -0.484. The Labute approximate surface area is 150 Å². The van der Waals surface area contributed by atoms with E-state index in [0.717, 1.165) is 4.88 Å². The number of hydrogen-bond donors (Lipinski definition) is 0. The zero-order chi connectivity index (χ0) is 18.3. The summed E-state index contributed by atoms with van der Waals surface area (Å²) >= 11 is 1.32. The predicted octanol–water partition coefficient (Wildman–Crippen LogP) is 3.91. The average Bonchev–Trinajstić information content (AvgIpc) is 3.12. The van der Waals surface area contributed by atoms with E-state index < -0.39 is 6.29 Å². The summed E-state index contributed by atoms with van der Waals surface area (Å²) in [5.41, 5.74) is 1.00. The number of amides is 1. The summed E-state index contributed by atoms with van der Waals surface area (Å²) < 4.78 is 37.0. The van der Waals surface area contributed by atoms with E-state index in [1.807, 2.05) is 13.0 Å². The number of rotatable bonds is 2. The lowest BCUT2D eigenvalue weighted by molar-refractivity contribution is -0.286. The van der Waals surface area contributed by atoms with Crippen molar-refractivity contribution >= 4 is 17.2 Å². The number of aryl methyl sites for hydroxylation is 1. The molecule has 2 aromatic carbocycles. The molecule has 0 aliphatic carbocycles. The number of thiazole rings is 1. The van der Waals surface area contributed by atoms with E-state index in [-0.39, 0.29) is 17.4 Å². The third-order valence-electron chi connectivity index (χ3n) is 3.65. The molecular weight excluding hydrogens is 362 g/mol. The molecule has 26 heavy (non-hydrogen) atoms. The van der Waals surface area contributed by atoms with Crippen LogP contribution in [0.15, 0.2) is 59.7 Å². The van der Waals surface area contributed by atoms with Crippen LogP contribution in [0.3, 0.4) is 0 Å². The average molecular weight is 374 g/mol. The molecule has 0 atom stereocenters. The fourth-order valence-electron chi connectivity index (χ4n) is 2.54. The van der Waals surface area contributed by atoms with E-state index in [4.69, 9.17) is 0 Å². The van der Waals surface area contributed by atoms with E-state index in [2.05, 4.69) is 14.5 Å². The molecule has 0 saturated heterocycles. The molecule has 1 aliphatic rings. The molecular formula is C18H12F2N2O3S. The predicted molar refractivity (Wildman–Crippen MR) is 90.9 cm³/mol. The molecule has 4 rings (SSSR count). The van der Waals surface area contributed by atoms with Gasteiger partial charge in [-0.3, -0.25) is 9.36 Å². The van der Waals surface area contributed by atoms with Crippen LogP contribution in [0.5, 0.6) is 11.5 Å². The van der Waals surface area contributed by atoms with Gasteiger partial charge in [0.25, 0.3) is 5.91 Å². The van der Waals surface area contributed by atoms with Crippen molar-refractivity contribution in [3.63, 3.8) is 0 Å². The molecule has 1 aromatic heterocycles. The van der Waals surface area contributed by atoms with Crippen molar-refractivity contribution in [3.8, 4) is 17.2 Å². The van der Waals surface area contributed by atoms with Gasteiger partial charge in [-0.05, 0) is 31.2 Å². The Morgan fingerprint density at radius 1 is 1.12 bits per heavy atom. The van der Waals surface area contributed by atoms with E-state index in [0.29, 0.717) is 16.1 Å². The highest BCUT2D eigenvalue weighted by molar-refractivity contribution is 7.09. The summed E-state index contributed by atoms with van der Waals surface area (Å²) in [5, 5.41) is 0. The maximum atomic E-state index is 13.2. The van der Waals surface area contributed by atoms with Crippen molar-refractivity contribution in [2.24, 2.45) is 4.99 Å². The van der Waals surface area contributed by atoms with Gasteiger partial charge in [0, 0.05) is 22.7 Å². The van der Waals surface area contributed by atoms with Crippen molar-refractivity contribution in [2.75, 3.05) is 0 Å². The molecule has 0 N–H and O–H groups in total. The second kappa shape index (κ2) is 6.06. The first-order chi connectivity index (χ1) is 12.4. The van der Waals surface area contributed by atoms with Crippen molar-refractivity contribution in [1.29, 1.82) is 0 Å². The number of aromatic nitrogens is 1. The van der Waals surface area contributed by atoms with Gasteiger partial charge >= 0.3 is 6.29 Å². The first-order valence-electron chi connectivity index (χ1n) is 7.65. The van der Waals surface area contributed by atoms with E-state index in [9.17, 15) is 13.6 Å². The van der Waals surface area contributed by atoms with Crippen LogP contribution in [-0.4, -0.2) is 16.8 Å².